The highest BCUT2D eigenvalue weighted by Gasteiger charge is 2.27. The van der Waals surface area contributed by atoms with Crippen molar-refractivity contribution in [1.29, 1.82) is 0 Å². The number of para-hydroxylation sites is 1. The second-order valence-electron chi connectivity index (χ2n) is 6.66. The van der Waals surface area contributed by atoms with Crippen molar-refractivity contribution < 1.29 is 9.90 Å². The van der Waals surface area contributed by atoms with Gasteiger partial charge in [0.2, 0.25) is 0 Å². The van der Waals surface area contributed by atoms with Gasteiger partial charge in [0.05, 0.1) is 22.6 Å². The van der Waals surface area contributed by atoms with E-state index in [1.54, 1.807) is 0 Å². The summed E-state index contributed by atoms with van der Waals surface area (Å²) in [6.45, 7) is 8.70. The van der Waals surface area contributed by atoms with Crippen LogP contribution in [0, 0.1) is 19.3 Å². The third-order valence-electron chi connectivity index (χ3n) is 5.29. The molecule has 2 N–H and O–H groups in total. The number of carbonyl (C=O) groups is 1. The first-order chi connectivity index (χ1) is 12.0. The highest BCUT2D eigenvalue weighted by atomic mass is 16.3. The minimum atomic E-state index is -0.0959. The van der Waals surface area contributed by atoms with Crippen LogP contribution in [-0.4, -0.2) is 33.9 Å². The Morgan fingerprint density at radius 1 is 1.20 bits per heavy atom. The molecule has 0 atom stereocenters. The number of nitrogens with zero attached hydrogens (tertiary/aromatic N) is 2. The lowest BCUT2D eigenvalue weighted by molar-refractivity contribution is 0.0906. The number of amides is 1. The summed E-state index contributed by atoms with van der Waals surface area (Å²) in [5.74, 6) is -0.0959. The van der Waals surface area contributed by atoms with Gasteiger partial charge in [-0.2, -0.15) is 5.10 Å². The fourth-order valence-electron chi connectivity index (χ4n) is 3.33. The summed E-state index contributed by atoms with van der Waals surface area (Å²) in [5.41, 5.74) is 3.08. The van der Waals surface area contributed by atoms with Crippen LogP contribution >= 0.6 is 0 Å². The van der Waals surface area contributed by atoms with Gasteiger partial charge < -0.3 is 10.4 Å². The standard InChI is InChI=1S/C20H29N3O2/c1-5-20(6-2,12-13-24)14-21-19(25)18-15(3)22-23(16(18)4)17-10-8-7-9-11-17/h7-11,24H,5-6,12-14H2,1-4H3,(H,21,25). The molecule has 2 aromatic rings. The number of aromatic nitrogens is 2. The number of hydrogen-bond acceptors (Lipinski definition) is 3. The predicted octanol–water partition coefficient (Wildman–Crippen LogP) is 3.41. The largest absolute Gasteiger partial charge is 0.396 e. The van der Waals surface area contributed by atoms with Crippen LogP contribution in [0.25, 0.3) is 5.69 Å². The van der Waals surface area contributed by atoms with Gasteiger partial charge in [0.15, 0.2) is 0 Å². The number of nitrogens with one attached hydrogen (secondary N) is 1. The van der Waals surface area contributed by atoms with Crippen LogP contribution < -0.4 is 5.32 Å². The van der Waals surface area contributed by atoms with E-state index in [1.165, 1.54) is 0 Å². The summed E-state index contributed by atoms with van der Waals surface area (Å²) in [4.78, 5) is 12.8. The van der Waals surface area contributed by atoms with Crippen LogP contribution in [0.15, 0.2) is 30.3 Å². The maximum absolute atomic E-state index is 12.8. The van der Waals surface area contributed by atoms with E-state index in [2.05, 4.69) is 24.3 Å². The van der Waals surface area contributed by atoms with Gasteiger partial charge in [-0.3, -0.25) is 4.79 Å². The van der Waals surface area contributed by atoms with Gasteiger partial charge >= 0.3 is 0 Å². The van der Waals surface area contributed by atoms with Crippen molar-refractivity contribution in [3.8, 4) is 5.69 Å². The van der Waals surface area contributed by atoms with Gasteiger partial charge in [-0.05, 0) is 50.7 Å². The summed E-state index contributed by atoms with van der Waals surface area (Å²) < 4.78 is 1.81. The molecule has 0 saturated carbocycles. The van der Waals surface area contributed by atoms with Crippen molar-refractivity contribution >= 4 is 5.91 Å². The third-order valence-corrected chi connectivity index (χ3v) is 5.29. The first-order valence-corrected chi connectivity index (χ1v) is 8.98. The average molecular weight is 343 g/mol. The summed E-state index contributed by atoms with van der Waals surface area (Å²) >= 11 is 0. The summed E-state index contributed by atoms with van der Waals surface area (Å²) in [7, 11) is 0. The average Bonchev–Trinajstić information content (AvgIpc) is 2.93. The van der Waals surface area contributed by atoms with E-state index >= 15 is 0 Å². The van der Waals surface area contributed by atoms with E-state index < -0.39 is 0 Å². The number of aliphatic hydroxyl groups is 1. The normalized spacial score (nSPS) is 11.6. The van der Waals surface area contributed by atoms with Crippen LogP contribution in [0.5, 0.6) is 0 Å². The lowest BCUT2D eigenvalue weighted by atomic mass is 9.79. The molecule has 136 valence electrons. The quantitative estimate of drug-likeness (QED) is 0.772. The maximum atomic E-state index is 12.8. The van der Waals surface area contributed by atoms with Crippen LogP contribution in [0.3, 0.4) is 0 Å². The van der Waals surface area contributed by atoms with Gasteiger partial charge in [0.25, 0.3) is 5.91 Å². The topological polar surface area (TPSA) is 67.2 Å². The number of aryl methyl sites for hydroxylation is 1. The molecule has 1 aromatic carbocycles. The van der Waals surface area contributed by atoms with E-state index in [4.69, 9.17) is 0 Å². The fourth-order valence-corrected chi connectivity index (χ4v) is 3.33. The zero-order chi connectivity index (χ0) is 18.4. The Bertz CT molecular complexity index is 703. The summed E-state index contributed by atoms with van der Waals surface area (Å²) in [6, 6.07) is 9.82. The molecule has 0 aliphatic heterocycles. The molecule has 0 aliphatic rings. The van der Waals surface area contributed by atoms with Crippen molar-refractivity contribution in [1.82, 2.24) is 15.1 Å². The Kier molecular flexibility index (Phi) is 6.37. The van der Waals surface area contributed by atoms with E-state index in [0.29, 0.717) is 18.5 Å². The van der Waals surface area contributed by atoms with Crippen molar-refractivity contribution in [3.63, 3.8) is 0 Å². The van der Waals surface area contributed by atoms with Crippen molar-refractivity contribution in [3.05, 3.63) is 47.3 Å². The molecule has 2 rings (SSSR count). The second-order valence-corrected chi connectivity index (χ2v) is 6.66. The molecule has 1 amide bonds. The Labute approximate surface area is 150 Å². The predicted molar refractivity (Wildman–Crippen MR) is 100 cm³/mol. The van der Waals surface area contributed by atoms with Crippen LogP contribution in [-0.2, 0) is 0 Å². The molecule has 0 aliphatic carbocycles. The molecule has 0 fully saturated rings. The number of aliphatic hydroxyl groups excluding tert-OH is 1. The maximum Gasteiger partial charge on any atom is 0.255 e. The smallest absolute Gasteiger partial charge is 0.255 e. The van der Waals surface area contributed by atoms with E-state index in [1.807, 2.05) is 48.9 Å². The first kappa shape index (κ1) is 19.2. The number of benzene rings is 1. The molecular formula is C20H29N3O2. The Hall–Kier alpha value is -2.14. The van der Waals surface area contributed by atoms with Gasteiger partial charge in [-0.25, -0.2) is 4.68 Å². The zero-order valence-electron chi connectivity index (χ0n) is 15.7. The SMILES string of the molecule is CCC(CC)(CCO)CNC(=O)c1c(C)nn(-c2ccccc2)c1C. The lowest BCUT2D eigenvalue weighted by Gasteiger charge is -2.31. The molecule has 1 heterocycles. The minimum absolute atomic E-state index is 0.0539. The summed E-state index contributed by atoms with van der Waals surface area (Å²) in [6.07, 6.45) is 2.54. The zero-order valence-corrected chi connectivity index (χ0v) is 15.7. The molecule has 5 nitrogen and oxygen atoms in total. The molecule has 0 radical (unpaired) electrons. The first-order valence-electron chi connectivity index (χ1n) is 8.98. The monoisotopic (exact) mass is 343 g/mol. The van der Waals surface area contributed by atoms with Gasteiger partial charge in [0, 0.05) is 13.2 Å². The van der Waals surface area contributed by atoms with Crippen LogP contribution in [0.1, 0.15) is 54.9 Å². The molecular weight excluding hydrogens is 314 g/mol. The fraction of sp³-hybridized carbons (Fsp3) is 0.500. The lowest BCUT2D eigenvalue weighted by Crippen LogP contribution is -2.38. The molecule has 25 heavy (non-hydrogen) atoms. The third kappa shape index (κ3) is 4.10. The second kappa shape index (κ2) is 8.30. The van der Waals surface area contributed by atoms with Gasteiger partial charge in [-0.1, -0.05) is 32.0 Å². The van der Waals surface area contributed by atoms with E-state index in [-0.39, 0.29) is 17.9 Å². The van der Waals surface area contributed by atoms with Crippen LogP contribution in [0.4, 0.5) is 0 Å². The van der Waals surface area contributed by atoms with Crippen molar-refractivity contribution in [2.24, 2.45) is 5.41 Å². The molecule has 0 bridgehead atoms. The Morgan fingerprint density at radius 3 is 2.40 bits per heavy atom. The molecule has 0 unspecified atom stereocenters. The van der Waals surface area contributed by atoms with Crippen molar-refractivity contribution in [2.45, 2.75) is 47.0 Å². The van der Waals surface area contributed by atoms with E-state index in [9.17, 15) is 9.90 Å². The van der Waals surface area contributed by atoms with Crippen LogP contribution in [0.2, 0.25) is 0 Å². The van der Waals surface area contributed by atoms with E-state index in [0.717, 1.165) is 29.9 Å². The van der Waals surface area contributed by atoms with Crippen molar-refractivity contribution in [2.75, 3.05) is 13.2 Å². The molecule has 0 spiro atoms. The highest BCUT2D eigenvalue weighted by Crippen LogP contribution is 2.29. The number of carbonyl (C=O) groups excluding carboxylic acids is 1. The molecule has 0 saturated heterocycles. The molecule has 5 heteroatoms. The highest BCUT2D eigenvalue weighted by molar-refractivity contribution is 5.96. The number of rotatable bonds is 8. The number of hydrogen-bond donors (Lipinski definition) is 2. The Morgan fingerprint density at radius 2 is 1.84 bits per heavy atom. The molecule has 1 aromatic heterocycles. The Balaban J connectivity index is 2.21. The summed E-state index contributed by atoms with van der Waals surface area (Å²) in [5, 5.41) is 16.9. The van der Waals surface area contributed by atoms with Gasteiger partial charge in [0.1, 0.15) is 0 Å². The van der Waals surface area contributed by atoms with Gasteiger partial charge in [-0.15, -0.1) is 0 Å². The minimum Gasteiger partial charge on any atom is -0.396 e.